The summed E-state index contributed by atoms with van der Waals surface area (Å²) < 4.78 is 68.1. The summed E-state index contributed by atoms with van der Waals surface area (Å²) in [5.41, 5.74) is 0. The van der Waals surface area contributed by atoms with E-state index in [9.17, 15) is 43.2 Å². The first-order valence-corrected chi connectivity index (χ1v) is 40.5. The number of unbranched alkanes of at least 4 members (excludes halogenated alkanes) is 41. The van der Waals surface area contributed by atoms with Gasteiger partial charge in [-0.25, -0.2) is 9.13 Å². The number of ether oxygens (including phenoxy) is 4. The largest absolute Gasteiger partial charge is 0.472 e. The Morgan fingerprint density at radius 2 is 0.505 bits per heavy atom. The van der Waals surface area contributed by atoms with Gasteiger partial charge in [0.2, 0.25) is 0 Å². The van der Waals surface area contributed by atoms with Crippen LogP contribution in [0.15, 0.2) is 0 Å². The molecule has 0 aromatic carbocycles. The summed E-state index contributed by atoms with van der Waals surface area (Å²) in [5.74, 6) is -0.647. The van der Waals surface area contributed by atoms with Gasteiger partial charge in [-0.05, 0) is 37.5 Å². The third kappa shape index (κ3) is 66.5. The number of hydrogen-bond acceptors (Lipinski definition) is 15. The Hall–Kier alpha value is -1.94. The van der Waals surface area contributed by atoms with E-state index in [1.165, 1.54) is 180 Å². The van der Waals surface area contributed by atoms with E-state index >= 15 is 0 Å². The molecular weight excluding hydrogens is 1200 g/mol. The molecule has 0 aliphatic carbocycles. The lowest BCUT2D eigenvalue weighted by Crippen LogP contribution is -2.30. The average Bonchev–Trinajstić information content (AvgIpc) is 3.45. The van der Waals surface area contributed by atoms with Gasteiger partial charge in [0.15, 0.2) is 12.2 Å². The van der Waals surface area contributed by atoms with Crippen molar-refractivity contribution in [3.63, 3.8) is 0 Å². The van der Waals surface area contributed by atoms with Gasteiger partial charge in [0.1, 0.15) is 19.3 Å². The van der Waals surface area contributed by atoms with Gasteiger partial charge in [-0.2, -0.15) is 0 Å². The second-order valence-corrected chi connectivity index (χ2v) is 29.8. The highest BCUT2D eigenvalue weighted by atomic mass is 31.2. The Morgan fingerprint density at radius 1 is 0.297 bits per heavy atom. The topological polar surface area (TPSA) is 237 Å². The zero-order valence-corrected chi connectivity index (χ0v) is 60.9. The van der Waals surface area contributed by atoms with Crippen molar-refractivity contribution < 1.29 is 80.2 Å². The summed E-state index contributed by atoms with van der Waals surface area (Å²) in [6.45, 7) is 9.41. The van der Waals surface area contributed by atoms with E-state index in [4.69, 9.17) is 37.0 Å². The maximum Gasteiger partial charge on any atom is 0.472 e. The summed E-state index contributed by atoms with van der Waals surface area (Å²) in [6, 6.07) is 0. The van der Waals surface area contributed by atoms with E-state index in [-0.39, 0.29) is 25.7 Å². The molecule has 540 valence electrons. The lowest BCUT2D eigenvalue weighted by molar-refractivity contribution is -0.161. The van der Waals surface area contributed by atoms with E-state index in [1.807, 2.05) is 0 Å². The monoisotopic (exact) mass is 1340 g/mol. The molecule has 3 N–H and O–H groups in total. The molecule has 0 saturated heterocycles. The van der Waals surface area contributed by atoms with E-state index in [1.54, 1.807) is 0 Å². The zero-order chi connectivity index (χ0) is 67.2. The minimum atomic E-state index is -4.95. The second kappa shape index (κ2) is 64.1. The number of phosphoric ester groups is 2. The van der Waals surface area contributed by atoms with Gasteiger partial charge in [-0.3, -0.25) is 37.3 Å². The molecule has 0 radical (unpaired) electrons. The van der Waals surface area contributed by atoms with Crippen molar-refractivity contribution in [2.75, 3.05) is 39.6 Å². The summed E-state index contributed by atoms with van der Waals surface area (Å²) in [7, 11) is -9.89. The number of phosphoric acid groups is 2. The molecular formula is C72H140O17P2. The highest BCUT2D eigenvalue weighted by molar-refractivity contribution is 7.47. The molecule has 0 rings (SSSR count). The fourth-order valence-corrected chi connectivity index (χ4v) is 12.5. The third-order valence-corrected chi connectivity index (χ3v) is 18.6. The Balaban J connectivity index is 5.11. The van der Waals surface area contributed by atoms with Gasteiger partial charge in [0.25, 0.3) is 0 Å². The molecule has 0 spiro atoms. The minimum Gasteiger partial charge on any atom is -0.462 e. The predicted molar refractivity (Wildman–Crippen MR) is 368 cm³/mol. The molecule has 0 fully saturated rings. The van der Waals surface area contributed by atoms with Gasteiger partial charge in [-0.15, -0.1) is 0 Å². The Morgan fingerprint density at radius 3 is 0.747 bits per heavy atom. The maximum absolute atomic E-state index is 13.1. The van der Waals surface area contributed by atoms with E-state index < -0.39 is 97.5 Å². The molecule has 17 nitrogen and oxygen atoms in total. The molecule has 0 aliphatic heterocycles. The van der Waals surface area contributed by atoms with Gasteiger partial charge in [0, 0.05) is 25.7 Å². The van der Waals surface area contributed by atoms with Crippen molar-refractivity contribution in [3.8, 4) is 0 Å². The highest BCUT2D eigenvalue weighted by Gasteiger charge is 2.30. The fraction of sp³-hybridized carbons (Fsp3) is 0.944. The van der Waals surface area contributed by atoms with Crippen LogP contribution in [-0.4, -0.2) is 96.7 Å². The van der Waals surface area contributed by atoms with Gasteiger partial charge in [0.05, 0.1) is 26.4 Å². The Bertz CT molecular complexity index is 1770. The van der Waals surface area contributed by atoms with E-state index in [0.29, 0.717) is 31.6 Å². The number of hydrogen-bond donors (Lipinski definition) is 3. The molecule has 0 amide bonds. The quantitative estimate of drug-likeness (QED) is 0.0222. The number of carbonyl (C=O) groups excluding carboxylic acids is 4. The molecule has 2 unspecified atom stereocenters. The molecule has 0 bridgehead atoms. The molecule has 0 aromatic heterocycles. The van der Waals surface area contributed by atoms with Crippen LogP contribution in [0.1, 0.15) is 369 Å². The normalized spacial score (nSPS) is 14.1. The van der Waals surface area contributed by atoms with Crippen LogP contribution < -0.4 is 0 Å². The van der Waals surface area contributed by atoms with Crippen molar-refractivity contribution in [2.24, 2.45) is 11.8 Å². The lowest BCUT2D eigenvalue weighted by atomic mass is 10.0. The molecule has 0 heterocycles. The molecule has 0 aromatic rings. The SMILES string of the molecule is CCCCCCCCCCCCCCCCCCC(=O)OC[C@H](COP(=O)(O)OC[C@@H](O)COP(=O)(O)OC[C@@H](COC(=O)CCCCCCC)OC(=O)CCCCCCCCC(C)C)OC(=O)CCCCCCCCCCCCCCCCCCCCC(C)C. The van der Waals surface area contributed by atoms with Crippen molar-refractivity contribution >= 4 is 39.5 Å². The van der Waals surface area contributed by atoms with Crippen LogP contribution in [0.2, 0.25) is 0 Å². The van der Waals surface area contributed by atoms with Crippen LogP contribution in [0.3, 0.4) is 0 Å². The van der Waals surface area contributed by atoms with E-state index in [2.05, 4.69) is 41.5 Å². The van der Waals surface area contributed by atoms with Gasteiger partial charge < -0.3 is 33.8 Å². The number of carbonyl (C=O) groups is 4. The molecule has 91 heavy (non-hydrogen) atoms. The number of esters is 4. The van der Waals surface area contributed by atoms with E-state index in [0.717, 1.165) is 102 Å². The highest BCUT2D eigenvalue weighted by Crippen LogP contribution is 2.45. The maximum atomic E-state index is 13.1. The molecule has 0 saturated carbocycles. The van der Waals surface area contributed by atoms with Crippen molar-refractivity contribution in [1.29, 1.82) is 0 Å². The average molecular weight is 1340 g/mol. The van der Waals surface area contributed by atoms with Crippen LogP contribution in [0.5, 0.6) is 0 Å². The molecule has 19 heteroatoms. The summed E-state index contributed by atoms with van der Waals surface area (Å²) >= 11 is 0. The summed E-state index contributed by atoms with van der Waals surface area (Å²) in [4.78, 5) is 72.2. The smallest absolute Gasteiger partial charge is 0.462 e. The minimum absolute atomic E-state index is 0.101. The second-order valence-electron chi connectivity index (χ2n) is 26.9. The molecule has 0 aliphatic rings. The van der Waals surface area contributed by atoms with Crippen molar-refractivity contribution in [3.05, 3.63) is 0 Å². The Labute approximate surface area is 556 Å². The molecule has 5 atom stereocenters. The number of aliphatic hydroxyl groups excluding tert-OH is 1. The van der Waals surface area contributed by atoms with Crippen molar-refractivity contribution in [1.82, 2.24) is 0 Å². The van der Waals surface area contributed by atoms with Crippen LogP contribution in [0.25, 0.3) is 0 Å². The van der Waals surface area contributed by atoms with Gasteiger partial charge >= 0.3 is 39.5 Å². The van der Waals surface area contributed by atoms with Crippen LogP contribution in [0.4, 0.5) is 0 Å². The third-order valence-electron chi connectivity index (χ3n) is 16.7. The fourth-order valence-electron chi connectivity index (χ4n) is 10.9. The first-order valence-electron chi connectivity index (χ1n) is 37.5. The first kappa shape index (κ1) is 89.1. The summed E-state index contributed by atoms with van der Waals surface area (Å²) in [5, 5.41) is 10.6. The van der Waals surface area contributed by atoms with Gasteiger partial charge in [-0.1, -0.05) is 318 Å². The standard InChI is InChI=1S/C72H140O17P2/c1-7-9-11-13-14-15-16-17-18-24-27-30-33-36-43-49-55-70(75)83-61-68(88-71(76)56-50-44-37-34-31-28-25-22-20-19-21-23-26-29-32-35-41-46-52-64(3)4)63-87-91(80,81)85-59-66(73)58-84-90(78,79)86-62-67(60-82-69(74)54-48-40-12-10-8-2)89-72(77)57-51-45-39-38-42-47-53-65(5)6/h64-68,73H,7-63H2,1-6H3,(H,78,79)(H,80,81)/t66-,67+,68+/m0/s1. The Kier molecular flexibility index (Phi) is 62.7. The van der Waals surface area contributed by atoms with Crippen LogP contribution in [-0.2, 0) is 65.4 Å². The number of aliphatic hydroxyl groups is 1. The first-order chi connectivity index (χ1) is 43.9. The van der Waals surface area contributed by atoms with Crippen LogP contribution >= 0.6 is 15.6 Å². The predicted octanol–water partition coefficient (Wildman–Crippen LogP) is 20.8. The van der Waals surface area contributed by atoms with Crippen LogP contribution in [0, 0.1) is 11.8 Å². The van der Waals surface area contributed by atoms with Crippen molar-refractivity contribution in [2.45, 2.75) is 387 Å². The summed E-state index contributed by atoms with van der Waals surface area (Å²) in [6.07, 6.45) is 50.7. The zero-order valence-electron chi connectivity index (χ0n) is 59.1. The number of rotatable bonds is 71. The lowest BCUT2D eigenvalue weighted by Gasteiger charge is -2.21.